The van der Waals surface area contributed by atoms with Crippen LogP contribution in [0.3, 0.4) is 0 Å². The maximum absolute atomic E-state index is 12.2. The summed E-state index contributed by atoms with van der Waals surface area (Å²) in [6.07, 6.45) is 3.46. The molecule has 2 saturated heterocycles. The number of rotatable bonds is 2. The lowest BCUT2D eigenvalue weighted by molar-refractivity contribution is -0.131. The number of carbonyl (C=O) groups excluding carboxylic acids is 1. The number of amides is 1. The first-order valence-corrected chi connectivity index (χ1v) is 7.89. The Morgan fingerprint density at radius 3 is 2.87 bits per heavy atom. The number of carbonyl (C=O) groups is 1. The number of hydrogen-bond acceptors (Lipinski definition) is 2. The molecule has 0 spiro atoms. The Hall–Kier alpha value is 0.300. The SMILES string of the molecule is CC1C(CBr)CCN1C(=O)C1CCCS1. The molecule has 0 aromatic heterocycles. The average molecular weight is 292 g/mol. The Labute approximate surface area is 104 Å². The van der Waals surface area contributed by atoms with Gasteiger partial charge in [0, 0.05) is 17.9 Å². The molecule has 2 rings (SSSR count). The Morgan fingerprint density at radius 2 is 2.33 bits per heavy atom. The summed E-state index contributed by atoms with van der Waals surface area (Å²) in [6.45, 7) is 3.16. The van der Waals surface area contributed by atoms with Crippen molar-refractivity contribution in [3.05, 3.63) is 0 Å². The van der Waals surface area contributed by atoms with E-state index in [-0.39, 0.29) is 5.25 Å². The van der Waals surface area contributed by atoms with Gasteiger partial charge in [0.15, 0.2) is 0 Å². The fourth-order valence-electron chi connectivity index (χ4n) is 2.48. The zero-order valence-corrected chi connectivity index (χ0v) is 11.5. The summed E-state index contributed by atoms with van der Waals surface area (Å²) in [4.78, 5) is 14.3. The van der Waals surface area contributed by atoms with E-state index in [1.807, 2.05) is 11.8 Å². The molecule has 0 N–H and O–H groups in total. The molecular weight excluding hydrogens is 274 g/mol. The minimum Gasteiger partial charge on any atom is -0.339 e. The standard InChI is InChI=1S/C11H18BrNOS/c1-8-9(7-12)4-5-13(8)11(14)10-3-2-6-15-10/h8-10H,2-7H2,1H3. The summed E-state index contributed by atoms with van der Waals surface area (Å²) in [7, 11) is 0. The van der Waals surface area contributed by atoms with Crippen LogP contribution in [-0.2, 0) is 4.79 Å². The molecule has 0 bridgehead atoms. The van der Waals surface area contributed by atoms with E-state index in [2.05, 4.69) is 27.8 Å². The van der Waals surface area contributed by atoms with Gasteiger partial charge in [-0.2, -0.15) is 0 Å². The van der Waals surface area contributed by atoms with E-state index in [9.17, 15) is 4.79 Å². The van der Waals surface area contributed by atoms with Crippen molar-refractivity contribution in [1.29, 1.82) is 0 Å². The summed E-state index contributed by atoms with van der Waals surface area (Å²) >= 11 is 5.38. The number of nitrogens with zero attached hydrogens (tertiary/aromatic N) is 1. The molecule has 86 valence electrons. The number of thioether (sulfide) groups is 1. The van der Waals surface area contributed by atoms with Crippen LogP contribution in [0, 0.1) is 5.92 Å². The quantitative estimate of drug-likeness (QED) is 0.729. The van der Waals surface area contributed by atoms with E-state index in [1.54, 1.807) is 0 Å². The highest BCUT2D eigenvalue weighted by Gasteiger charge is 2.37. The van der Waals surface area contributed by atoms with Crippen LogP contribution < -0.4 is 0 Å². The first-order valence-electron chi connectivity index (χ1n) is 5.72. The molecule has 2 aliphatic heterocycles. The van der Waals surface area contributed by atoms with Crippen LogP contribution in [0.25, 0.3) is 0 Å². The lowest BCUT2D eigenvalue weighted by Crippen LogP contribution is -2.40. The Kier molecular flexibility index (Phi) is 3.99. The number of likely N-dealkylation sites (tertiary alicyclic amines) is 1. The van der Waals surface area contributed by atoms with Gasteiger partial charge in [-0.1, -0.05) is 15.9 Å². The summed E-state index contributed by atoms with van der Waals surface area (Å²) in [5.41, 5.74) is 0. The molecule has 2 heterocycles. The maximum atomic E-state index is 12.2. The van der Waals surface area contributed by atoms with Crippen molar-refractivity contribution in [3.63, 3.8) is 0 Å². The fourth-order valence-corrected chi connectivity index (χ4v) is 4.57. The second kappa shape index (κ2) is 5.09. The largest absolute Gasteiger partial charge is 0.339 e. The zero-order valence-electron chi connectivity index (χ0n) is 9.12. The van der Waals surface area contributed by atoms with E-state index < -0.39 is 0 Å². The normalized spacial score (nSPS) is 36.1. The minimum absolute atomic E-state index is 0.265. The highest BCUT2D eigenvalue weighted by molar-refractivity contribution is 9.09. The van der Waals surface area contributed by atoms with Gasteiger partial charge in [-0.25, -0.2) is 0 Å². The van der Waals surface area contributed by atoms with E-state index >= 15 is 0 Å². The van der Waals surface area contributed by atoms with Crippen molar-refractivity contribution < 1.29 is 4.79 Å². The molecule has 2 fully saturated rings. The summed E-state index contributed by atoms with van der Waals surface area (Å²) in [5, 5.41) is 1.29. The third-order valence-electron chi connectivity index (χ3n) is 3.60. The molecule has 15 heavy (non-hydrogen) atoms. The highest BCUT2D eigenvalue weighted by atomic mass is 79.9. The second-order valence-electron chi connectivity index (χ2n) is 4.48. The third kappa shape index (κ3) is 2.36. The van der Waals surface area contributed by atoms with E-state index in [0.717, 1.165) is 24.7 Å². The van der Waals surface area contributed by atoms with Crippen LogP contribution in [0.4, 0.5) is 0 Å². The van der Waals surface area contributed by atoms with Crippen molar-refractivity contribution in [1.82, 2.24) is 4.90 Å². The molecule has 4 heteroatoms. The average Bonchev–Trinajstić information content (AvgIpc) is 2.85. The second-order valence-corrected chi connectivity index (χ2v) is 6.44. The van der Waals surface area contributed by atoms with Crippen molar-refractivity contribution in [2.45, 2.75) is 37.5 Å². The molecular formula is C11H18BrNOS. The van der Waals surface area contributed by atoms with Crippen LogP contribution in [-0.4, -0.2) is 39.7 Å². The molecule has 0 aromatic rings. The van der Waals surface area contributed by atoms with Gasteiger partial charge < -0.3 is 4.90 Å². The number of halogens is 1. The van der Waals surface area contributed by atoms with Crippen LogP contribution in [0.2, 0.25) is 0 Å². The predicted molar refractivity (Wildman–Crippen MR) is 68.6 cm³/mol. The molecule has 3 unspecified atom stereocenters. The highest BCUT2D eigenvalue weighted by Crippen LogP contribution is 2.32. The van der Waals surface area contributed by atoms with Gasteiger partial charge in [-0.3, -0.25) is 4.79 Å². The van der Waals surface area contributed by atoms with Crippen molar-refractivity contribution in [2.75, 3.05) is 17.6 Å². The summed E-state index contributed by atoms with van der Waals surface area (Å²) < 4.78 is 0. The number of alkyl halides is 1. The van der Waals surface area contributed by atoms with Gasteiger partial charge in [-0.05, 0) is 37.9 Å². The zero-order chi connectivity index (χ0) is 10.8. The fraction of sp³-hybridized carbons (Fsp3) is 0.909. The maximum Gasteiger partial charge on any atom is 0.235 e. The summed E-state index contributed by atoms with van der Waals surface area (Å²) in [5.74, 6) is 2.22. The van der Waals surface area contributed by atoms with E-state index in [1.165, 1.54) is 12.2 Å². The first kappa shape index (κ1) is 11.8. The molecule has 0 aromatic carbocycles. The topological polar surface area (TPSA) is 20.3 Å². The van der Waals surface area contributed by atoms with E-state index in [4.69, 9.17) is 0 Å². The van der Waals surface area contributed by atoms with Crippen LogP contribution in [0.15, 0.2) is 0 Å². The van der Waals surface area contributed by atoms with Gasteiger partial charge in [0.1, 0.15) is 0 Å². The van der Waals surface area contributed by atoms with Crippen LogP contribution >= 0.6 is 27.7 Å². The molecule has 0 saturated carbocycles. The predicted octanol–water partition coefficient (Wildman–Crippen LogP) is 2.51. The lowest BCUT2D eigenvalue weighted by atomic mass is 10.0. The molecule has 1 amide bonds. The third-order valence-corrected chi connectivity index (χ3v) is 5.80. The van der Waals surface area contributed by atoms with Gasteiger partial charge in [0.25, 0.3) is 0 Å². The smallest absolute Gasteiger partial charge is 0.235 e. The van der Waals surface area contributed by atoms with Gasteiger partial charge >= 0.3 is 0 Å². The van der Waals surface area contributed by atoms with Crippen LogP contribution in [0.1, 0.15) is 26.2 Å². The lowest BCUT2D eigenvalue weighted by Gasteiger charge is -2.26. The Bertz CT molecular complexity index is 243. The molecule has 2 nitrogen and oxygen atoms in total. The molecule has 2 aliphatic rings. The summed E-state index contributed by atoms with van der Waals surface area (Å²) in [6, 6.07) is 0.429. The van der Waals surface area contributed by atoms with Crippen molar-refractivity contribution >= 4 is 33.6 Å². The first-order chi connectivity index (χ1) is 7.24. The molecule has 0 radical (unpaired) electrons. The Balaban J connectivity index is 1.96. The van der Waals surface area contributed by atoms with Gasteiger partial charge in [-0.15, -0.1) is 11.8 Å². The number of hydrogen-bond donors (Lipinski definition) is 0. The van der Waals surface area contributed by atoms with Gasteiger partial charge in [0.05, 0.1) is 5.25 Å². The monoisotopic (exact) mass is 291 g/mol. The van der Waals surface area contributed by atoms with Crippen LogP contribution in [0.5, 0.6) is 0 Å². The van der Waals surface area contributed by atoms with E-state index in [0.29, 0.717) is 17.9 Å². The van der Waals surface area contributed by atoms with Gasteiger partial charge in [0.2, 0.25) is 5.91 Å². The molecule has 3 atom stereocenters. The Morgan fingerprint density at radius 1 is 1.53 bits per heavy atom. The minimum atomic E-state index is 0.265. The van der Waals surface area contributed by atoms with Crippen molar-refractivity contribution in [3.8, 4) is 0 Å². The molecule has 0 aliphatic carbocycles. The van der Waals surface area contributed by atoms with Crippen molar-refractivity contribution in [2.24, 2.45) is 5.92 Å².